The summed E-state index contributed by atoms with van der Waals surface area (Å²) in [5.74, 6) is 0.674. The summed E-state index contributed by atoms with van der Waals surface area (Å²) in [4.78, 5) is 32.1. The maximum atomic E-state index is 12.7. The number of hydrogen-bond acceptors (Lipinski definition) is 4. The molecule has 2 aromatic heterocycles. The van der Waals surface area contributed by atoms with Crippen molar-refractivity contribution < 1.29 is 9.59 Å². The van der Waals surface area contributed by atoms with Crippen LogP contribution < -0.4 is 5.32 Å². The van der Waals surface area contributed by atoms with Crippen molar-refractivity contribution in [3.05, 3.63) is 28.7 Å². The van der Waals surface area contributed by atoms with Gasteiger partial charge < -0.3 is 10.2 Å². The number of nitrogens with zero attached hydrogens (tertiary/aromatic N) is 4. The lowest BCUT2D eigenvalue weighted by Crippen LogP contribution is -2.36. The number of aryl methyl sites for hydroxylation is 2. The first kappa shape index (κ1) is 21.4. The summed E-state index contributed by atoms with van der Waals surface area (Å²) in [5, 5.41) is 8.11. The molecule has 2 aromatic rings. The molecule has 1 N–H and O–H groups in total. The lowest BCUT2D eigenvalue weighted by Gasteiger charge is -2.23. The van der Waals surface area contributed by atoms with Crippen molar-refractivity contribution in [2.45, 2.75) is 96.6 Å². The normalized spacial score (nSPS) is 21.9. The summed E-state index contributed by atoms with van der Waals surface area (Å²) in [7, 11) is 0. The van der Waals surface area contributed by atoms with Gasteiger partial charge in [-0.2, -0.15) is 5.10 Å². The zero-order valence-corrected chi connectivity index (χ0v) is 19.4. The number of likely N-dealkylation sites (tertiary alicyclic amines) is 1. The van der Waals surface area contributed by atoms with Crippen molar-refractivity contribution >= 4 is 17.5 Å². The summed E-state index contributed by atoms with van der Waals surface area (Å²) >= 11 is 0. The highest BCUT2D eigenvalue weighted by Crippen LogP contribution is 2.38. The van der Waals surface area contributed by atoms with Crippen molar-refractivity contribution in [1.82, 2.24) is 24.8 Å². The van der Waals surface area contributed by atoms with Crippen LogP contribution in [0.2, 0.25) is 0 Å². The monoisotopic (exact) mass is 437 g/mol. The van der Waals surface area contributed by atoms with Gasteiger partial charge in [0.05, 0.1) is 11.7 Å². The van der Waals surface area contributed by atoms with Gasteiger partial charge in [0.2, 0.25) is 11.8 Å². The molecule has 3 aliphatic rings. The van der Waals surface area contributed by atoms with Gasteiger partial charge in [-0.05, 0) is 64.4 Å². The van der Waals surface area contributed by atoms with E-state index in [9.17, 15) is 9.59 Å². The summed E-state index contributed by atoms with van der Waals surface area (Å²) in [6.07, 6.45) is 11.1. The number of carbonyl (C=O) groups is 2. The predicted octanol–water partition coefficient (Wildman–Crippen LogP) is 3.80. The first-order valence-corrected chi connectivity index (χ1v) is 12.5. The molecule has 1 aliphatic heterocycles. The molecule has 5 rings (SSSR count). The lowest BCUT2D eigenvalue weighted by atomic mass is 9.95. The van der Waals surface area contributed by atoms with Gasteiger partial charge in [0.1, 0.15) is 0 Å². The Kier molecular flexibility index (Phi) is 5.91. The van der Waals surface area contributed by atoms with E-state index in [2.05, 4.69) is 12.2 Å². The second-order valence-electron chi connectivity index (χ2n) is 9.97. The molecule has 1 saturated heterocycles. The van der Waals surface area contributed by atoms with E-state index in [1.807, 2.05) is 22.4 Å². The van der Waals surface area contributed by atoms with Gasteiger partial charge in [-0.3, -0.25) is 9.59 Å². The van der Waals surface area contributed by atoms with E-state index in [1.165, 1.54) is 19.3 Å². The second kappa shape index (κ2) is 8.83. The predicted molar refractivity (Wildman–Crippen MR) is 122 cm³/mol. The highest BCUT2D eigenvalue weighted by atomic mass is 16.2. The van der Waals surface area contributed by atoms with E-state index in [4.69, 9.17) is 10.1 Å². The molecule has 0 aromatic carbocycles. The van der Waals surface area contributed by atoms with Crippen molar-refractivity contribution in [1.29, 1.82) is 0 Å². The Labute approximate surface area is 190 Å². The van der Waals surface area contributed by atoms with Crippen LogP contribution in [0, 0.1) is 19.8 Å². The van der Waals surface area contributed by atoms with Crippen molar-refractivity contribution in [3.63, 3.8) is 0 Å². The molecule has 172 valence electrons. The largest absolute Gasteiger partial charge is 0.353 e. The molecular formula is C25H35N5O2. The molecule has 2 aliphatic carbocycles. The van der Waals surface area contributed by atoms with Crippen LogP contribution in [0.4, 0.5) is 0 Å². The molecule has 2 saturated carbocycles. The van der Waals surface area contributed by atoms with E-state index in [0.29, 0.717) is 24.8 Å². The van der Waals surface area contributed by atoms with E-state index in [0.717, 1.165) is 73.4 Å². The number of nitrogens with one attached hydrogen (secondary N) is 1. The Bertz CT molecular complexity index is 1020. The molecule has 0 radical (unpaired) electrons. The average molecular weight is 438 g/mol. The number of amides is 2. The molecule has 2 amide bonds. The van der Waals surface area contributed by atoms with Crippen LogP contribution in [0.15, 0.2) is 6.07 Å². The zero-order chi connectivity index (χ0) is 22.2. The Morgan fingerprint density at radius 2 is 1.84 bits per heavy atom. The van der Waals surface area contributed by atoms with Gasteiger partial charge in [-0.25, -0.2) is 9.50 Å². The van der Waals surface area contributed by atoms with Gasteiger partial charge in [0, 0.05) is 42.4 Å². The topological polar surface area (TPSA) is 79.6 Å². The number of rotatable bonds is 6. The van der Waals surface area contributed by atoms with Crippen molar-refractivity contribution in [2.24, 2.45) is 5.92 Å². The zero-order valence-electron chi connectivity index (χ0n) is 19.4. The third-order valence-corrected chi connectivity index (χ3v) is 7.56. The molecular weight excluding hydrogens is 402 g/mol. The Balaban J connectivity index is 1.31. The van der Waals surface area contributed by atoms with Gasteiger partial charge in [0.15, 0.2) is 5.65 Å². The quantitative estimate of drug-likeness (QED) is 0.745. The van der Waals surface area contributed by atoms with Crippen LogP contribution in [0.5, 0.6) is 0 Å². The second-order valence-corrected chi connectivity index (χ2v) is 9.97. The molecule has 7 heteroatoms. The number of aromatic nitrogens is 3. The van der Waals surface area contributed by atoms with Crippen LogP contribution in [-0.4, -0.2) is 43.9 Å². The van der Waals surface area contributed by atoms with Gasteiger partial charge >= 0.3 is 0 Å². The molecule has 32 heavy (non-hydrogen) atoms. The molecule has 3 fully saturated rings. The highest BCUT2D eigenvalue weighted by molar-refractivity contribution is 5.81. The van der Waals surface area contributed by atoms with Gasteiger partial charge in [-0.15, -0.1) is 0 Å². The maximum Gasteiger partial charge on any atom is 0.226 e. The lowest BCUT2D eigenvalue weighted by molar-refractivity contribution is -0.133. The van der Waals surface area contributed by atoms with Gasteiger partial charge in [0.25, 0.3) is 0 Å². The van der Waals surface area contributed by atoms with Crippen LogP contribution in [-0.2, 0) is 16.0 Å². The minimum absolute atomic E-state index is 0.0641. The fraction of sp³-hybridized carbons (Fsp3) is 0.680. The fourth-order valence-electron chi connectivity index (χ4n) is 5.56. The molecule has 0 bridgehead atoms. The smallest absolute Gasteiger partial charge is 0.226 e. The molecule has 3 heterocycles. The number of fused-ring (bicyclic) bond motifs is 1. The Morgan fingerprint density at radius 3 is 2.59 bits per heavy atom. The van der Waals surface area contributed by atoms with Crippen molar-refractivity contribution in [2.75, 3.05) is 6.54 Å². The minimum atomic E-state index is 0.0641. The van der Waals surface area contributed by atoms with Crippen LogP contribution in [0.3, 0.4) is 0 Å². The standard InChI is InChI=1S/C25H35N5O2/c1-16-20(12-13-24(31)27-19-7-4-3-5-8-19)17(2)30-23(26-16)15-21(28-30)22-9-6-14-29(22)25(32)18-10-11-18/h15,18-19,22H,3-14H2,1-2H3,(H,27,31)/t22-/m0/s1. The van der Waals surface area contributed by atoms with E-state index in [-0.39, 0.29) is 17.9 Å². The highest BCUT2D eigenvalue weighted by Gasteiger charge is 2.39. The van der Waals surface area contributed by atoms with E-state index < -0.39 is 0 Å². The van der Waals surface area contributed by atoms with E-state index in [1.54, 1.807) is 0 Å². The van der Waals surface area contributed by atoms with E-state index >= 15 is 0 Å². The van der Waals surface area contributed by atoms with Crippen LogP contribution in [0.1, 0.15) is 92.9 Å². The Morgan fingerprint density at radius 1 is 1.06 bits per heavy atom. The molecule has 1 atom stereocenters. The summed E-state index contributed by atoms with van der Waals surface area (Å²) < 4.78 is 1.91. The molecule has 0 spiro atoms. The SMILES string of the molecule is Cc1nc2cc([C@@H]3CCCN3C(=O)C3CC3)nn2c(C)c1CCC(=O)NC1CCCCC1. The maximum absolute atomic E-state index is 12.7. The first-order valence-electron chi connectivity index (χ1n) is 12.5. The van der Waals surface area contributed by atoms with Crippen molar-refractivity contribution in [3.8, 4) is 0 Å². The first-order chi connectivity index (χ1) is 15.5. The number of carbonyl (C=O) groups excluding carboxylic acids is 2. The number of hydrogen-bond donors (Lipinski definition) is 1. The van der Waals surface area contributed by atoms with Gasteiger partial charge in [-0.1, -0.05) is 19.3 Å². The average Bonchev–Trinajstić information content (AvgIpc) is 3.36. The summed E-state index contributed by atoms with van der Waals surface area (Å²) in [5.41, 5.74) is 4.88. The summed E-state index contributed by atoms with van der Waals surface area (Å²) in [6.45, 7) is 4.92. The third kappa shape index (κ3) is 4.26. The fourth-order valence-corrected chi connectivity index (χ4v) is 5.56. The minimum Gasteiger partial charge on any atom is -0.353 e. The third-order valence-electron chi connectivity index (χ3n) is 7.56. The summed E-state index contributed by atoms with van der Waals surface area (Å²) in [6, 6.07) is 2.46. The molecule has 0 unspecified atom stereocenters. The molecule has 7 nitrogen and oxygen atoms in total. The van der Waals surface area contributed by atoms with Crippen LogP contribution >= 0.6 is 0 Å². The Hall–Kier alpha value is -2.44. The van der Waals surface area contributed by atoms with Crippen LogP contribution in [0.25, 0.3) is 5.65 Å².